The van der Waals surface area contributed by atoms with Gasteiger partial charge in [0.2, 0.25) is 0 Å². The van der Waals surface area contributed by atoms with Gasteiger partial charge in [0.05, 0.1) is 0 Å². The van der Waals surface area contributed by atoms with Crippen LogP contribution in [-0.2, 0) is 11.3 Å². The van der Waals surface area contributed by atoms with E-state index < -0.39 is 5.91 Å². The molecular formula is C15H23N3O2. The number of carbonyl (C=O) groups is 1. The average molecular weight is 277 g/mol. The standard InChI is InChI=1S/C15H23N3O2/c1-11-6-13(16)9-18(7-11)8-12-2-4-14(5-3-12)20-10-15(17)19/h2-5,11,13H,6-10,16H2,1H3,(H2,17,19). The molecule has 0 saturated carbocycles. The second-order valence-corrected chi connectivity index (χ2v) is 5.69. The minimum absolute atomic E-state index is 0.0855. The van der Waals surface area contributed by atoms with Crippen molar-refractivity contribution in [2.75, 3.05) is 19.7 Å². The number of rotatable bonds is 5. The Morgan fingerprint density at radius 1 is 1.35 bits per heavy atom. The van der Waals surface area contributed by atoms with E-state index in [0.717, 1.165) is 26.1 Å². The summed E-state index contributed by atoms with van der Waals surface area (Å²) in [6.45, 7) is 5.09. The van der Waals surface area contributed by atoms with Crippen molar-refractivity contribution in [2.45, 2.75) is 25.9 Å². The number of amides is 1. The van der Waals surface area contributed by atoms with Gasteiger partial charge < -0.3 is 16.2 Å². The molecule has 1 saturated heterocycles. The van der Waals surface area contributed by atoms with Crippen LogP contribution in [0.1, 0.15) is 18.9 Å². The summed E-state index contributed by atoms with van der Waals surface area (Å²) in [4.78, 5) is 13.0. The van der Waals surface area contributed by atoms with Crippen molar-refractivity contribution >= 4 is 5.91 Å². The van der Waals surface area contributed by atoms with Crippen molar-refractivity contribution in [1.82, 2.24) is 4.90 Å². The maximum atomic E-state index is 10.6. The number of nitrogens with two attached hydrogens (primary N) is 2. The summed E-state index contributed by atoms with van der Waals surface area (Å²) >= 11 is 0. The smallest absolute Gasteiger partial charge is 0.255 e. The zero-order valence-corrected chi connectivity index (χ0v) is 11.9. The summed E-state index contributed by atoms with van der Waals surface area (Å²) in [7, 11) is 0. The largest absolute Gasteiger partial charge is 0.484 e. The molecule has 5 nitrogen and oxygen atoms in total. The summed E-state index contributed by atoms with van der Waals surface area (Å²) in [6.07, 6.45) is 1.11. The third-order valence-electron chi connectivity index (χ3n) is 3.48. The lowest BCUT2D eigenvalue weighted by molar-refractivity contribution is -0.119. The van der Waals surface area contributed by atoms with E-state index in [4.69, 9.17) is 16.2 Å². The van der Waals surface area contributed by atoms with Gasteiger partial charge in [0.1, 0.15) is 5.75 Å². The average Bonchev–Trinajstić information content (AvgIpc) is 2.36. The fraction of sp³-hybridized carbons (Fsp3) is 0.533. The SMILES string of the molecule is CC1CC(N)CN(Cc2ccc(OCC(N)=O)cc2)C1. The molecule has 1 aromatic rings. The van der Waals surface area contributed by atoms with Crippen LogP contribution in [0.5, 0.6) is 5.75 Å². The van der Waals surface area contributed by atoms with Crippen molar-refractivity contribution in [3.05, 3.63) is 29.8 Å². The molecule has 1 aliphatic heterocycles. The Morgan fingerprint density at radius 2 is 2.05 bits per heavy atom. The maximum absolute atomic E-state index is 10.6. The molecule has 2 unspecified atom stereocenters. The number of carbonyl (C=O) groups excluding carboxylic acids is 1. The molecule has 110 valence electrons. The van der Waals surface area contributed by atoms with Gasteiger partial charge in [0.25, 0.3) is 5.91 Å². The Hall–Kier alpha value is -1.59. The Balaban J connectivity index is 1.88. The van der Waals surface area contributed by atoms with Gasteiger partial charge in [-0.3, -0.25) is 9.69 Å². The molecule has 0 aromatic heterocycles. The van der Waals surface area contributed by atoms with Crippen LogP contribution in [0.2, 0.25) is 0 Å². The predicted octanol–water partition coefficient (Wildman–Crippen LogP) is 0.720. The molecule has 1 amide bonds. The third kappa shape index (κ3) is 4.51. The van der Waals surface area contributed by atoms with E-state index in [1.807, 2.05) is 24.3 Å². The van der Waals surface area contributed by atoms with Crippen LogP contribution >= 0.6 is 0 Å². The van der Waals surface area contributed by atoms with Crippen LogP contribution in [0.25, 0.3) is 0 Å². The van der Waals surface area contributed by atoms with Gasteiger partial charge in [0, 0.05) is 25.7 Å². The zero-order valence-electron chi connectivity index (χ0n) is 11.9. The van der Waals surface area contributed by atoms with Crippen LogP contribution in [0, 0.1) is 5.92 Å². The summed E-state index contributed by atoms with van der Waals surface area (Å²) in [6, 6.07) is 8.04. The molecule has 4 N–H and O–H groups in total. The highest BCUT2D eigenvalue weighted by Crippen LogP contribution is 2.19. The molecule has 1 aromatic carbocycles. The van der Waals surface area contributed by atoms with Crippen LogP contribution in [0.3, 0.4) is 0 Å². The van der Waals surface area contributed by atoms with E-state index in [1.165, 1.54) is 5.56 Å². The molecule has 0 aliphatic carbocycles. The highest BCUT2D eigenvalue weighted by atomic mass is 16.5. The fourth-order valence-electron chi connectivity index (χ4n) is 2.75. The first-order valence-corrected chi connectivity index (χ1v) is 7.01. The van der Waals surface area contributed by atoms with Crippen molar-refractivity contribution in [3.8, 4) is 5.75 Å². The molecule has 20 heavy (non-hydrogen) atoms. The molecular weight excluding hydrogens is 254 g/mol. The maximum Gasteiger partial charge on any atom is 0.255 e. The van der Waals surface area contributed by atoms with Crippen molar-refractivity contribution in [1.29, 1.82) is 0 Å². The minimum atomic E-state index is -0.467. The predicted molar refractivity (Wildman–Crippen MR) is 78.2 cm³/mol. The van der Waals surface area contributed by atoms with Gasteiger partial charge >= 0.3 is 0 Å². The number of likely N-dealkylation sites (tertiary alicyclic amines) is 1. The normalized spacial score (nSPS) is 23.5. The quantitative estimate of drug-likeness (QED) is 0.831. The molecule has 0 bridgehead atoms. The highest BCUT2D eigenvalue weighted by Gasteiger charge is 2.21. The third-order valence-corrected chi connectivity index (χ3v) is 3.48. The molecule has 1 heterocycles. The van der Waals surface area contributed by atoms with Gasteiger partial charge in [-0.2, -0.15) is 0 Å². The van der Waals surface area contributed by atoms with Crippen molar-refractivity contribution in [2.24, 2.45) is 17.4 Å². The first kappa shape index (κ1) is 14.8. The molecule has 2 atom stereocenters. The van der Waals surface area contributed by atoms with E-state index in [9.17, 15) is 4.79 Å². The molecule has 2 rings (SSSR count). The van der Waals surface area contributed by atoms with Gasteiger partial charge in [-0.1, -0.05) is 19.1 Å². The lowest BCUT2D eigenvalue weighted by atomic mass is 9.96. The van der Waals surface area contributed by atoms with Gasteiger partial charge in [-0.05, 0) is 30.0 Å². The number of primary amides is 1. The second kappa shape index (κ2) is 6.72. The van der Waals surface area contributed by atoms with E-state index in [-0.39, 0.29) is 12.6 Å². The van der Waals surface area contributed by atoms with Crippen LogP contribution in [0.4, 0.5) is 0 Å². The highest BCUT2D eigenvalue weighted by molar-refractivity contribution is 5.75. The van der Waals surface area contributed by atoms with Gasteiger partial charge in [0.15, 0.2) is 6.61 Å². The second-order valence-electron chi connectivity index (χ2n) is 5.69. The Kier molecular flexibility index (Phi) is 4.98. The number of nitrogens with zero attached hydrogens (tertiary/aromatic N) is 1. The summed E-state index contributed by atoms with van der Waals surface area (Å²) in [5, 5.41) is 0. The van der Waals surface area contributed by atoms with Crippen LogP contribution in [0.15, 0.2) is 24.3 Å². The lowest BCUT2D eigenvalue weighted by Crippen LogP contribution is -2.45. The molecule has 0 spiro atoms. The van der Waals surface area contributed by atoms with E-state index in [2.05, 4.69) is 11.8 Å². The molecule has 1 aliphatic rings. The van der Waals surface area contributed by atoms with Gasteiger partial charge in [-0.15, -0.1) is 0 Å². The zero-order chi connectivity index (χ0) is 14.5. The first-order chi connectivity index (χ1) is 9.52. The Labute approximate surface area is 119 Å². The van der Waals surface area contributed by atoms with Crippen molar-refractivity contribution in [3.63, 3.8) is 0 Å². The monoisotopic (exact) mass is 277 g/mol. The topological polar surface area (TPSA) is 81.6 Å². The first-order valence-electron chi connectivity index (χ1n) is 7.01. The number of piperidine rings is 1. The van der Waals surface area contributed by atoms with Crippen molar-refractivity contribution < 1.29 is 9.53 Å². The van der Waals surface area contributed by atoms with E-state index in [1.54, 1.807) is 0 Å². The lowest BCUT2D eigenvalue weighted by Gasteiger charge is -2.34. The Bertz CT molecular complexity index is 437. The summed E-state index contributed by atoms with van der Waals surface area (Å²) in [5.74, 6) is 0.846. The van der Waals surface area contributed by atoms with E-state index >= 15 is 0 Å². The number of hydrogen-bond acceptors (Lipinski definition) is 4. The van der Waals surface area contributed by atoms with Crippen LogP contribution in [-0.4, -0.2) is 36.5 Å². The van der Waals surface area contributed by atoms with Gasteiger partial charge in [-0.25, -0.2) is 0 Å². The number of ether oxygens (including phenoxy) is 1. The fourth-order valence-corrected chi connectivity index (χ4v) is 2.75. The Morgan fingerprint density at radius 3 is 2.65 bits per heavy atom. The van der Waals surface area contributed by atoms with E-state index in [0.29, 0.717) is 11.7 Å². The molecule has 0 radical (unpaired) electrons. The number of hydrogen-bond donors (Lipinski definition) is 2. The number of benzene rings is 1. The summed E-state index contributed by atoms with van der Waals surface area (Å²) in [5.41, 5.74) is 12.3. The summed E-state index contributed by atoms with van der Waals surface area (Å²) < 4.78 is 5.24. The molecule has 5 heteroatoms. The van der Waals surface area contributed by atoms with Crippen LogP contribution < -0.4 is 16.2 Å². The minimum Gasteiger partial charge on any atom is -0.484 e. The molecule has 1 fully saturated rings.